The highest BCUT2D eigenvalue weighted by Crippen LogP contribution is 2.32. The molecule has 0 spiro atoms. The van der Waals surface area contributed by atoms with E-state index in [2.05, 4.69) is 37.8 Å². The first-order valence-corrected chi connectivity index (χ1v) is 7.44. The Morgan fingerprint density at radius 3 is 2.35 bits per heavy atom. The second-order valence-corrected chi connectivity index (χ2v) is 6.19. The van der Waals surface area contributed by atoms with E-state index in [0.29, 0.717) is 17.1 Å². The average Bonchev–Trinajstić information content (AvgIpc) is 2.42. The third kappa shape index (κ3) is 3.43. The standard InChI is InChI=1S/C16H12Br2O2/c1-3-16(2,19)11-4-7-13(8-5-11)20-15-9-6-12(17)10-14(15)18/h1,4-10,19H,2H3. The molecule has 0 aromatic heterocycles. The van der Waals surface area contributed by atoms with Gasteiger partial charge in [-0.15, -0.1) is 6.42 Å². The van der Waals surface area contributed by atoms with Gasteiger partial charge in [-0.2, -0.15) is 0 Å². The second-order valence-electron chi connectivity index (χ2n) is 4.42. The molecule has 0 aliphatic rings. The highest BCUT2D eigenvalue weighted by molar-refractivity contribution is 9.11. The van der Waals surface area contributed by atoms with Gasteiger partial charge in [0.15, 0.2) is 0 Å². The summed E-state index contributed by atoms with van der Waals surface area (Å²) < 4.78 is 7.59. The van der Waals surface area contributed by atoms with Gasteiger partial charge in [-0.1, -0.05) is 34.0 Å². The van der Waals surface area contributed by atoms with Crippen LogP contribution < -0.4 is 4.74 Å². The van der Waals surface area contributed by atoms with Crippen LogP contribution in [0.3, 0.4) is 0 Å². The van der Waals surface area contributed by atoms with E-state index in [9.17, 15) is 5.11 Å². The molecule has 0 saturated heterocycles. The van der Waals surface area contributed by atoms with E-state index in [1.54, 1.807) is 31.2 Å². The van der Waals surface area contributed by atoms with Crippen LogP contribution in [-0.2, 0) is 5.60 Å². The molecular formula is C16H12Br2O2. The van der Waals surface area contributed by atoms with E-state index in [0.717, 1.165) is 8.95 Å². The normalized spacial score (nSPS) is 13.3. The van der Waals surface area contributed by atoms with E-state index >= 15 is 0 Å². The summed E-state index contributed by atoms with van der Waals surface area (Å²) in [5.41, 5.74) is -0.612. The maximum absolute atomic E-state index is 9.96. The van der Waals surface area contributed by atoms with Crippen LogP contribution in [-0.4, -0.2) is 5.11 Å². The lowest BCUT2D eigenvalue weighted by molar-refractivity contribution is 0.122. The maximum Gasteiger partial charge on any atom is 0.147 e. The molecule has 0 bridgehead atoms. The minimum absolute atomic E-state index is 0.655. The SMILES string of the molecule is C#CC(C)(O)c1ccc(Oc2ccc(Br)cc2Br)cc1. The Hall–Kier alpha value is -1.28. The number of terminal acetylenes is 1. The van der Waals surface area contributed by atoms with Crippen LogP contribution in [0.2, 0.25) is 0 Å². The molecule has 4 heteroatoms. The van der Waals surface area contributed by atoms with E-state index in [1.807, 2.05) is 18.2 Å². The van der Waals surface area contributed by atoms with Crippen LogP contribution in [0, 0.1) is 12.3 Å². The molecule has 2 nitrogen and oxygen atoms in total. The Morgan fingerprint density at radius 2 is 1.80 bits per heavy atom. The first-order chi connectivity index (χ1) is 9.42. The summed E-state index contributed by atoms with van der Waals surface area (Å²) in [6.07, 6.45) is 5.29. The number of ether oxygens (including phenoxy) is 1. The molecule has 0 aliphatic carbocycles. The van der Waals surface area contributed by atoms with Crippen molar-refractivity contribution in [1.29, 1.82) is 0 Å². The zero-order chi connectivity index (χ0) is 14.8. The largest absolute Gasteiger partial charge is 0.456 e. The van der Waals surface area contributed by atoms with Crippen molar-refractivity contribution in [2.45, 2.75) is 12.5 Å². The van der Waals surface area contributed by atoms with Crippen molar-refractivity contribution in [3.8, 4) is 23.8 Å². The summed E-state index contributed by atoms with van der Waals surface area (Å²) in [4.78, 5) is 0. The Labute approximate surface area is 135 Å². The highest BCUT2D eigenvalue weighted by atomic mass is 79.9. The van der Waals surface area contributed by atoms with Gasteiger partial charge in [0.05, 0.1) is 4.47 Å². The van der Waals surface area contributed by atoms with Gasteiger partial charge in [-0.25, -0.2) is 0 Å². The highest BCUT2D eigenvalue weighted by Gasteiger charge is 2.19. The Kier molecular flexibility index (Phi) is 4.54. The minimum Gasteiger partial charge on any atom is -0.456 e. The molecule has 0 radical (unpaired) electrons. The first-order valence-electron chi connectivity index (χ1n) is 5.86. The number of rotatable bonds is 3. The van der Waals surface area contributed by atoms with Crippen molar-refractivity contribution in [2.24, 2.45) is 0 Å². The molecule has 102 valence electrons. The van der Waals surface area contributed by atoms with Crippen molar-refractivity contribution < 1.29 is 9.84 Å². The zero-order valence-corrected chi connectivity index (χ0v) is 13.9. The first kappa shape index (κ1) is 15.1. The average molecular weight is 396 g/mol. The molecule has 2 rings (SSSR count). The van der Waals surface area contributed by atoms with Gasteiger partial charge in [0, 0.05) is 4.47 Å². The molecule has 0 aliphatic heterocycles. The van der Waals surface area contributed by atoms with Gasteiger partial charge in [-0.05, 0) is 58.7 Å². The summed E-state index contributed by atoms with van der Waals surface area (Å²) in [6.45, 7) is 1.58. The summed E-state index contributed by atoms with van der Waals surface area (Å²) >= 11 is 6.83. The third-order valence-corrected chi connectivity index (χ3v) is 3.93. The fourth-order valence-electron chi connectivity index (χ4n) is 1.62. The summed E-state index contributed by atoms with van der Waals surface area (Å²) in [6, 6.07) is 12.7. The second kappa shape index (κ2) is 6.01. The van der Waals surface area contributed by atoms with Gasteiger partial charge in [-0.3, -0.25) is 0 Å². The Balaban J connectivity index is 2.21. The summed E-state index contributed by atoms with van der Waals surface area (Å²) in [5, 5.41) is 9.96. The van der Waals surface area contributed by atoms with Crippen molar-refractivity contribution >= 4 is 31.9 Å². The fraction of sp³-hybridized carbons (Fsp3) is 0.125. The number of hydrogen-bond acceptors (Lipinski definition) is 2. The van der Waals surface area contributed by atoms with Crippen molar-refractivity contribution in [3.05, 3.63) is 57.0 Å². The monoisotopic (exact) mass is 394 g/mol. The van der Waals surface area contributed by atoms with Crippen molar-refractivity contribution in [1.82, 2.24) is 0 Å². The molecule has 0 amide bonds. The number of halogens is 2. The lowest BCUT2D eigenvalue weighted by atomic mass is 9.97. The quantitative estimate of drug-likeness (QED) is 0.753. The molecular weight excluding hydrogens is 384 g/mol. The molecule has 0 saturated carbocycles. The van der Waals surface area contributed by atoms with Gasteiger partial charge in [0.25, 0.3) is 0 Å². The molecule has 0 heterocycles. The van der Waals surface area contributed by atoms with E-state index in [-0.39, 0.29) is 0 Å². The van der Waals surface area contributed by atoms with E-state index < -0.39 is 5.60 Å². The van der Waals surface area contributed by atoms with Crippen LogP contribution in [0.15, 0.2) is 51.4 Å². The van der Waals surface area contributed by atoms with Gasteiger partial charge >= 0.3 is 0 Å². The number of aliphatic hydroxyl groups is 1. The summed E-state index contributed by atoms with van der Waals surface area (Å²) in [5.74, 6) is 3.73. The molecule has 20 heavy (non-hydrogen) atoms. The number of hydrogen-bond donors (Lipinski definition) is 1. The van der Waals surface area contributed by atoms with Crippen LogP contribution >= 0.6 is 31.9 Å². The maximum atomic E-state index is 9.96. The molecule has 2 aromatic carbocycles. The lowest BCUT2D eigenvalue weighted by Gasteiger charge is -2.17. The summed E-state index contributed by atoms with van der Waals surface area (Å²) in [7, 11) is 0. The lowest BCUT2D eigenvalue weighted by Crippen LogP contribution is -2.17. The topological polar surface area (TPSA) is 29.5 Å². The number of benzene rings is 2. The Bertz CT molecular complexity index is 655. The molecule has 1 unspecified atom stereocenters. The molecule has 1 atom stereocenters. The smallest absolute Gasteiger partial charge is 0.147 e. The van der Waals surface area contributed by atoms with E-state index in [4.69, 9.17) is 11.2 Å². The van der Waals surface area contributed by atoms with Crippen LogP contribution in [0.1, 0.15) is 12.5 Å². The fourth-order valence-corrected chi connectivity index (χ4v) is 2.74. The van der Waals surface area contributed by atoms with Gasteiger partial charge in [0.2, 0.25) is 0 Å². The van der Waals surface area contributed by atoms with Gasteiger partial charge in [0.1, 0.15) is 17.1 Å². The van der Waals surface area contributed by atoms with Crippen molar-refractivity contribution in [3.63, 3.8) is 0 Å². The van der Waals surface area contributed by atoms with Crippen LogP contribution in [0.5, 0.6) is 11.5 Å². The van der Waals surface area contributed by atoms with Crippen molar-refractivity contribution in [2.75, 3.05) is 0 Å². The van der Waals surface area contributed by atoms with Gasteiger partial charge < -0.3 is 9.84 Å². The predicted octanol–water partition coefficient (Wildman–Crippen LogP) is 4.84. The van der Waals surface area contributed by atoms with Crippen LogP contribution in [0.4, 0.5) is 0 Å². The van der Waals surface area contributed by atoms with E-state index in [1.165, 1.54) is 0 Å². The van der Waals surface area contributed by atoms with Crippen LogP contribution in [0.25, 0.3) is 0 Å². The minimum atomic E-state index is -1.27. The Morgan fingerprint density at radius 1 is 1.15 bits per heavy atom. The molecule has 1 N–H and O–H groups in total. The predicted molar refractivity (Wildman–Crippen MR) is 86.8 cm³/mol. The molecule has 0 fully saturated rings. The molecule has 2 aromatic rings. The zero-order valence-electron chi connectivity index (χ0n) is 10.7. The third-order valence-electron chi connectivity index (χ3n) is 2.82.